The summed E-state index contributed by atoms with van der Waals surface area (Å²) in [6.45, 7) is 5.72. The van der Waals surface area contributed by atoms with Gasteiger partial charge in [0.05, 0.1) is 0 Å². The second kappa shape index (κ2) is 5.69. The molecule has 0 aliphatic rings. The Kier molecular flexibility index (Phi) is 4.00. The monoisotopic (exact) mass is 257 g/mol. The SMILES string of the molecule is CC(C)NC(=O)C(C)Nc1nccc2ccccc12. The molecule has 0 aliphatic heterocycles. The van der Waals surface area contributed by atoms with E-state index in [2.05, 4.69) is 15.6 Å². The van der Waals surface area contributed by atoms with Crippen LogP contribution in [-0.2, 0) is 4.79 Å². The first-order valence-corrected chi connectivity index (χ1v) is 6.48. The lowest BCUT2D eigenvalue weighted by Gasteiger charge is -2.17. The highest BCUT2D eigenvalue weighted by Crippen LogP contribution is 2.20. The average molecular weight is 257 g/mol. The normalized spacial score (nSPS) is 12.4. The van der Waals surface area contributed by atoms with Crippen molar-refractivity contribution in [3.8, 4) is 0 Å². The number of aromatic nitrogens is 1. The van der Waals surface area contributed by atoms with E-state index in [4.69, 9.17) is 0 Å². The van der Waals surface area contributed by atoms with Gasteiger partial charge in [0.1, 0.15) is 11.9 Å². The lowest BCUT2D eigenvalue weighted by atomic mass is 10.1. The Balaban J connectivity index is 2.19. The lowest BCUT2D eigenvalue weighted by Crippen LogP contribution is -2.41. The molecule has 0 radical (unpaired) electrons. The summed E-state index contributed by atoms with van der Waals surface area (Å²) in [4.78, 5) is 16.2. The third-order valence-corrected chi connectivity index (χ3v) is 2.85. The molecule has 0 bridgehead atoms. The van der Waals surface area contributed by atoms with Gasteiger partial charge in [-0.25, -0.2) is 4.98 Å². The molecule has 4 heteroatoms. The molecule has 0 aliphatic carbocycles. The van der Waals surface area contributed by atoms with Gasteiger partial charge < -0.3 is 10.6 Å². The number of carbonyl (C=O) groups excluding carboxylic acids is 1. The Morgan fingerprint density at radius 1 is 1.16 bits per heavy atom. The van der Waals surface area contributed by atoms with Gasteiger partial charge >= 0.3 is 0 Å². The number of hydrogen-bond donors (Lipinski definition) is 2. The van der Waals surface area contributed by atoms with E-state index in [-0.39, 0.29) is 18.0 Å². The zero-order valence-corrected chi connectivity index (χ0v) is 11.5. The maximum absolute atomic E-state index is 11.9. The number of fused-ring (bicyclic) bond motifs is 1. The van der Waals surface area contributed by atoms with Gasteiger partial charge in [-0.3, -0.25) is 4.79 Å². The van der Waals surface area contributed by atoms with Crippen LogP contribution in [0.25, 0.3) is 10.8 Å². The highest BCUT2D eigenvalue weighted by Gasteiger charge is 2.14. The van der Waals surface area contributed by atoms with Crippen LogP contribution >= 0.6 is 0 Å². The number of nitrogens with one attached hydrogen (secondary N) is 2. The number of anilines is 1. The van der Waals surface area contributed by atoms with E-state index in [9.17, 15) is 4.79 Å². The number of benzene rings is 1. The van der Waals surface area contributed by atoms with Crippen molar-refractivity contribution in [2.75, 3.05) is 5.32 Å². The Bertz CT molecular complexity index is 575. The van der Waals surface area contributed by atoms with Crippen LogP contribution in [-0.4, -0.2) is 23.0 Å². The molecule has 0 fully saturated rings. The fraction of sp³-hybridized carbons (Fsp3) is 0.333. The predicted octanol–water partition coefficient (Wildman–Crippen LogP) is 2.56. The van der Waals surface area contributed by atoms with E-state index in [0.29, 0.717) is 0 Å². The summed E-state index contributed by atoms with van der Waals surface area (Å²) in [6.07, 6.45) is 1.75. The van der Waals surface area contributed by atoms with Crippen LogP contribution in [0.3, 0.4) is 0 Å². The van der Waals surface area contributed by atoms with E-state index >= 15 is 0 Å². The smallest absolute Gasteiger partial charge is 0.242 e. The number of nitrogens with zero attached hydrogens (tertiary/aromatic N) is 1. The van der Waals surface area contributed by atoms with Gasteiger partial charge in [-0.1, -0.05) is 24.3 Å². The fourth-order valence-electron chi connectivity index (χ4n) is 1.91. The van der Waals surface area contributed by atoms with Crippen LogP contribution < -0.4 is 10.6 Å². The van der Waals surface area contributed by atoms with Crippen LogP contribution in [0.15, 0.2) is 36.5 Å². The lowest BCUT2D eigenvalue weighted by molar-refractivity contribution is -0.122. The number of carbonyl (C=O) groups is 1. The minimum atomic E-state index is -0.319. The van der Waals surface area contributed by atoms with Crippen molar-refractivity contribution in [3.63, 3.8) is 0 Å². The Labute approximate surface area is 113 Å². The predicted molar refractivity (Wildman–Crippen MR) is 78.1 cm³/mol. The molecule has 0 spiro atoms. The summed E-state index contributed by atoms with van der Waals surface area (Å²) in [5.41, 5.74) is 0. The van der Waals surface area contributed by atoms with E-state index in [1.807, 2.05) is 51.1 Å². The molecule has 100 valence electrons. The number of pyridine rings is 1. The van der Waals surface area contributed by atoms with Crippen molar-refractivity contribution < 1.29 is 4.79 Å². The molecule has 1 amide bonds. The van der Waals surface area contributed by atoms with Crippen LogP contribution in [0.2, 0.25) is 0 Å². The molecule has 0 saturated heterocycles. The molecule has 1 aromatic heterocycles. The van der Waals surface area contributed by atoms with Crippen molar-refractivity contribution >= 4 is 22.5 Å². The summed E-state index contributed by atoms with van der Waals surface area (Å²) in [7, 11) is 0. The van der Waals surface area contributed by atoms with Gasteiger partial charge in [0.2, 0.25) is 5.91 Å². The first-order chi connectivity index (χ1) is 9.08. The van der Waals surface area contributed by atoms with Crippen LogP contribution in [0.4, 0.5) is 5.82 Å². The Morgan fingerprint density at radius 2 is 1.89 bits per heavy atom. The van der Waals surface area contributed by atoms with E-state index < -0.39 is 0 Å². The topological polar surface area (TPSA) is 54.0 Å². The van der Waals surface area contributed by atoms with Gasteiger partial charge in [0.25, 0.3) is 0 Å². The molecule has 1 atom stereocenters. The largest absolute Gasteiger partial charge is 0.358 e. The molecule has 1 unspecified atom stereocenters. The summed E-state index contributed by atoms with van der Waals surface area (Å²) in [5, 5.41) is 8.18. The first kappa shape index (κ1) is 13.3. The van der Waals surface area contributed by atoms with Crippen molar-refractivity contribution in [2.24, 2.45) is 0 Å². The Hall–Kier alpha value is -2.10. The average Bonchev–Trinajstić information content (AvgIpc) is 2.38. The number of rotatable bonds is 4. The summed E-state index contributed by atoms with van der Waals surface area (Å²) < 4.78 is 0. The second-order valence-electron chi connectivity index (χ2n) is 4.91. The number of hydrogen-bond acceptors (Lipinski definition) is 3. The second-order valence-corrected chi connectivity index (χ2v) is 4.91. The molecule has 1 heterocycles. The van der Waals surface area contributed by atoms with Gasteiger partial charge in [-0.15, -0.1) is 0 Å². The molecule has 2 aromatic rings. The zero-order chi connectivity index (χ0) is 13.8. The number of amides is 1. The van der Waals surface area contributed by atoms with Crippen LogP contribution in [0, 0.1) is 0 Å². The van der Waals surface area contributed by atoms with Crippen molar-refractivity contribution in [3.05, 3.63) is 36.5 Å². The van der Waals surface area contributed by atoms with Crippen molar-refractivity contribution in [1.29, 1.82) is 0 Å². The molecular formula is C15H19N3O. The van der Waals surface area contributed by atoms with Crippen LogP contribution in [0.1, 0.15) is 20.8 Å². The van der Waals surface area contributed by atoms with E-state index in [1.165, 1.54) is 0 Å². The van der Waals surface area contributed by atoms with Gasteiger partial charge in [-0.05, 0) is 32.2 Å². The third kappa shape index (κ3) is 3.22. The fourth-order valence-corrected chi connectivity index (χ4v) is 1.91. The molecule has 2 N–H and O–H groups in total. The van der Waals surface area contributed by atoms with Crippen LogP contribution in [0.5, 0.6) is 0 Å². The highest BCUT2D eigenvalue weighted by molar-refractivity contribution is 5.93. The van der Waals surface area contributed by atoms with Crippen molar-refractivity contribution in [2.45, 2.75) is 32.9 Å². The Morgan fingerprint density at radius 3 is 2.63 bits per heavy atom. The van der Waals surface area contributed by atoms with E-state index in [1.54, 1.807) is 6.20 Å². The maximum Gasteiger partial charge on any atom is 0.242 e. The molecule has 1 aromatic carbocycles. The molecular weight excluding hydrogens is 238 g/mol. The first-order valence-electron chi connectivity index (χ1n) is 6.48. The summed E-state index contributed by atoms with van der Waals surface area (Å²) in [6, 6.07) is 9.76. The quantitative estimate of drug-likeness (QED) is 0.885. The molecule has 19 heavy (non-hydrogen) atoms. The molecule has 0 saturated carbocycles. The van der Waals surface area contributed by atoms with Gasteiger partial charge in [0, 0.05) is 17.6 Å². The maximum atomic E-state index is 11.9. The third-order valence-electron chi connectivity index (χ3n) is 2.85. The van der Waals surface area contributed by atoms with Gasteiger partial charge in [0.15, 0.2) is 0 Å². The summed E-state index contributed by atoms with van der Waals surface area (Å²) in [5.74, 6) is 0.717. The van der Waals surface area contributed by atoms with Crippen molar-refractivity contribution in [1.82, 2.24) is 10.3 Å². The van der Waals surface area contributed by atoms with E-state index in [0.717, 1.165) is 16.6 Å². The highest BCUT2D eigenvalue weighted by atomic mass is 16.2. The minimum absolute atomic E-state index is 0.0234. The zero-order valence-electron chi connectivity index (χ0n) is 11.5. The molecule has 2 rings (SSSR count). The summed E-state index contributed by atoms with van der Waals surface area (Å²) >= 11 is 0. The standard InChI is InChI=1S/C15H19N3O/c1-10(2)17-15(19)11(3)18-14-13-7-5-4-6-12(13)8-9-16-14/h4-11H,1-3H3,(H,16,18)(H,17,19). The van der Waals surface area contributed by atoms with Gasteiger partial charge in [-0.2, -0.15) is 0 Å². The molecule has 4 nitrogen and oxygen atoms in total. The minimum Gasteiger partial charge on any atom is -0.358 e.